The molecule has 118 valence electrons. The monoisotopic (exact) mass is 301 g/mol. The van der Waals surface area contributed by atoms with Gasteiger partial charge in [-0.15, -0.1) is 0 Å². The van der Waals surface area contributed by atoms with Crippen molar-refractivity contribution in [3.05, 3.63) is 35.4 Å². The predicted molar refractivity (Wildman–Crippen MR) is 84.1 cm³/mol. The average molecular weight is 301 g/mol. The van der Waals surface area contributed by atoms with Crippen LogP contribution in [0.1, 0.15) is 43.9 Å². The number of likely N-dealkylation sites (tertiary alicyclic amines) is 1. The quantitative estimate of drug-likeness (QED) is 0.900. The molecule has 1 fully saturated rings. The SMILES string of the molecule is CC(NC(=O)N1CCC(C(C)O)CC1)c1ccc(C#N)cc1. The summed E-state index contributed by atoms with van der Waals surface area (Å²) in [6, 6.07) is 9.15. The maximum absolute atomic E-state index is 12.3. The number of nitrogens with one attached hydrogen (secondary N) is 1. The number of rotatable bonds is 3. The molecule has 1 saturated heterocycles. The number of carbonyl (C=O) groups excluding carboxylic acids is 1. The van der Waals surface area contributed by atoms with Gasteiger partial charge in [-0.25, -0.2) is 4.79 Å². The number of urea groups is 1. The van der Waals surface area contributed by atoms with Gasteiger partial charge in [0, 0.05) is 13.1 Å². The summed E-state index contributed by atoms with van der Waals surface area (Å²) in [5.74, 6) is 0.292. The summed E-state index contributed by atoms with van der Waals surface area (Å²) < 4.78 is 0. The highest BCUT2D eigenvalue weighted by atomic mass is 16.3. The standard InChI is InChI=1S/C17H23N3O2/c1-12(15-5-3-14(11-18)4-6-15)19-17(22)20-9-7-16(8-10-20)13(2)21/h3-6,12-13,16,21H,7-10H2,1-2H3,(H,19,22). The molecule has 2 amide bonds. The molecule has 1 heterocycles. The Bertz CT molecular complexity index is 540. The lowest BCUT2D eigenvalue weighted by molar-refractivity contribution is 0.0794. The minimum Gasteiger partial charge on any atom is -0.393 e. The molecule has 0 radical (unpaired) electrons. The van der Waals surface area contributed by atoms with Gasteiger partial charge in [-0.3, -0.25) is 0 Å². The Morgan fingerprint density at radius 1 is 1.32 bits per heavy atom. The molecule has 0 aromatic heterocycles. The molecule has 1 aromatic rings. The molecule has 1 aromatic carbocycles. The second kappa shape index (κ2) is 7.28. The van der Waals surface area contributed by atoms with E-state index in [4.69, 9.17) is 5.26 Å². The molecular weight excluding hydrogens is 278 g/mol. The normalized spacial score (nSPS) is 18.4. The number of hydrogen-bond acceptors (Lipinski definition) is 3. The van der Waals surface area contributed by atoms with Crippen LogP contribution in [0.15, 0.2) is 24.3 Å². The first-order valence-corrected chi connectivity index (χ1v) is 7.75. The molecule has 0 saturated carbocycles. The van der Waals surface area contributed by atoms with E-state index >= 15 is 0 Å². The van der Waals surface area contributed by atoms with Gasteiger partial charge in [0.05, 0.1) is 23.8 Å². The number of aliphatic hydroxyl groups excluding tert-OH is 1. The second-order valence-electron chi connectivity index (χ2n) is 5.97. The van der Waals surface area contributed by atoms with Crippen molar-refractivity contribution in [3.8, 4) is 6.07 Å². The lowest BCUT2D eigenvalue weighted by Gasteiger charge is -2.34. The summed E-state index contributed by atoms with van der Waals surface area (Å²) in [5.41, 5.74) is 1.59. The third-order valence-corrected chi connectivity index (χ3v) is 4.39. The van der Waals surface area contributed by atoms with Crippen molar-refractivity contribution in [1.82, 2.24) is 10.2 Å². The van der Waals surface area contributed by atoms with Crippen LogP contribution in [0, 0.1) is 17.2 Å². The topological polar surface area (TPSA) is 76.4 Å². The van der Waals surface area contributed by atoms with E-state index in [9.17, 15) is 9.90 Å². The van der Waals surface area contributed by atoms with Crippen LogP contribution in [-0.2, 0) is 0 Å². The molecule has 2 atom stereocenters. The van der Waals surface area contributed by atoms with E-state index in [2.05, 4.69) is 11.4 Å². The smallest absolute Gasteiger partial charge is 0.317 e. The number of benzene rings is 1. The summed E-state index contributed by atoms with van der Waals surface area (Å²) in [5, 5.41) is 21.4. The molecule has 5 heteroatoms. The molecule has 22 heavy (non-hydrogen) atoms. The Kier molecular flexibility index (Phi) is 5.40. The van der Waals surface area contributed by atoms with Gasteiger partial charge < -0.3 is 15.3 Å². The number of amides is 2. The van der Waals surface area contributed by atoms with E-state index in [0.29, 0.717) is 24.6 Å². The summed E-state index contributed by atoms with van der Waals surface area (Å²) in [4.78, 5) is 14.1. The van der Waals surface area contributed by atoms with Gasteiger partial charge >= 0.3 is 6.03 Å². The van der Waals surface area contributed by atoms with Crippen molar-refractivity contribution in [1.29, 1.82) is 5.26 Å². The minimum atomic E-state index is -0.303. The van der Waals surface area contributed by atoms with Crippen molar-refractivity contribution < 1.29 is 9.90 Å². The zero-order chi connectivity index (χ0) is 16.1. The van der Waals surface area contributed by atoms with Gasteiger partial charge in [0.1, 0.15) is 0 Å². The van der Waals surface area contributed by atoms with Crippen LogP contribution >= 0.6 is 0 Å². The number of nitrogens with zero attached hydrogens (tertiary/aromatic N) is 2. The third kappa shape index (κ3) is 3.99. The van der Waals surface area contributed by atoms with E-state index < -0.39 is 0 Å². The van der Waals surface area contributed by atoms with Crippen LogP contribution < -0.4 is 5.32 Å². The van der Waals surface area contributed by atoms with Crippen LogP contribution in [0.5, 0.6) is 0 Å². The summed E-state index contributed by atoms with van der Waals surface area (Å²) in [7, 11) is 0. The Balaban J connectivity index is 1.87. The summed E-state index contributed by atoms with van der Waals surface area (Å²) >= 11 is 0. The van der Waals surface area contributed by atoms with Crippen LogP contribution in [0.25, 0.3) is 0 Å². The zero-order valence-electron chi connectivity index (χ0n) is 13.1. The van der Waals surface area contributed by atoms with Crippen molar-refractivity contribution in [2.45, 2.75) is 38.8 Å². The van der Waals surface area contributed by atoms with Gasteiger partial charge in [-0.05, 0) is 50.3 Å². The Morgan fingerprint density at radius 3 is 2.41 bits per heavy atom. The van der Waals surface area contributed by atoms with Crippen molar-refractivity contribution >= 4 is 6.03 Å². The molecule has 2 N–H and O–H groups in total. The lowest BCUT2D eigenvalue weighted by Crippen LogP contribution is -2.46. The van der Waals surface area contributed by atoms with Crippen LogP contribution in [0.3, 0.4) is 0 Å². The first kappa shape index (κ1) is 16.3. The summed E-state index contributed by atoms with van der Waals surface area (Å²) in [6.45, 7) is 5.11. The van der Waals surface area contributed by atoms with Gasteiger partial charge in [-0.1, -0.05) is 12.1 Å². The molecule has 1 aliphatic rings. The molecule has 2 rings (SSSR count). The largest absolute Gasteiger partial charge is 0.393 e. The van der Waals surface area contributed by atoms with E-state index in [0.717, 1.165) is 18.4 Å². The van der Waals surface area contributed by atoms with Crippen LogP contribution in [0.4, 0.5) is 4.79 Å². The lowest BCUT2D eigenvalue weighted by atomic mass is 9.92. The average Bonchev–Trinajstić information content (AvgIpc) is 2.54. The van der Waals surface area contributed by atoms with E-state index in [1.807, 2.05) is 26.0 Å². The van der Waals surface area contributed by atoms with E-state index in [1.165, 1.54) is 0 Å². The highest BCUT2D eigenvalue weighted by molar-refractivity contribution is 5.74. The number of nitriles is 1. The zero-order valence-corrected chi connectivity index (χ0v) is 13.1. The highest BCUT2D eigenvalue weighted by Crippen LogP contribution is 2.21. The van der Waals surface area contributed by atoms with E-state index in [-0.39, 0.29) is 18.2 Å². The first-order valence-electron chi connectivity index (χ1n) is 7.75. The number of hydrogen-bond donors (Lipinski definition) is 2. The maximum Gasteiger partial charge on any atom is 0.317 e. The van der Waals surface area contributed by atoms with Gasteiger partial charge in [0.15, 0.2) is 0 Å². The molecule has 5 nitrogen and oxygen atoms in total. The van der Waals surface area contributed by atoms with Crippen LogP contribution in [-0.4, -0.2) is 35.2 Å². The number of aliphatic hydroxyl groups is 1. The van der Waals surface area contributed by atoms with Crippen molar-refractivity contribution in [2.24, 2.45) is 5.92 Å². The van der Waals surface area contributed by atoms with Crippen molar-refractivity contribution in [2.75, 3.05) is 13.1 Å². The molecule has 2 unspecified atom stereocenters. The molecule has 1 aliphatic heterocycles. The molecule has 0 spiro atoms. The van der Waals surface area contributed by atoms with Gasteiger partial charge in [0.25, 0.3) is 0 Å². The predicted octanol–water partition coefficient (Wildman–Crippen LogP) is 2.42. The maximum atomic E-state index is 12.3. The van der Waals surface area contributed by atoms with Gasteiger partial charge in [-0.2, -0.15) is 5.26 Å². The first-order chi connectivity index (χ1) is 10.5. The third-order valence-electron chi connectivity index (χ3n) is 4.39. The Labute approximate surface area is 131 Å². The van der Waals surface area contributed by atoms with Crippen LogP contribution in [0.2, 0.25) is 0 Å². The number of carbonyl (C=O) groups is 1. The second-order valence-corrected chi connectivity index (χ2v) is 5.97. The van der Waals surface area contributed by atoms with E-state index in [1.54, 1.807) is 17.0 Å². The van der Waals surface area contributed by atoms with Gasteiger partial charge in [0.2, 0.25) is 0 Å². The molecular formula is C17H23N3O2. The highest BCUT2D eigenvalue weighted by Gasteiger charge is 2.26. The minimum absolute atomic E-state index is 0.0686. The fourth-order valence-corrected chi connectivity index (χ4v) is 2.79. The fraction of sp³-hybridized carbons (Fsp3) is 0.529. The van der Waals surface area contributed by atoms with Crippen molar-refractivity contribution in [3.63, 3.8) is 0 Å². The number of piperidine rings is 1. The molecule has 0 aliphatic carbocycles. The fourth-order valence-electron chi connectivity index (χ4n) is 2.79. The molecule has 0 bridgehead atoms. The summed E-state index contributed by atoms with van der Waals surface area (Å²) in [6.07, 6.45) is 1.38. The Hall–Kier alpha value is -2.06. The Morgan fingerprint density at radius 2 is 1.91 bits per heavy atom.